The van der Waals surface area contributed by atoms with Gasteiger partial charge in [0.15, 0.2) is 0 Å². The molecule has 2 aliphatic rings. The molecular formula is C54H56F6N14O6. The van der Waals surface area contributed by atoms with E-state index in [-0.39, 0.29) is 35.1 Å². The smallest absolute Gasteiger partial charge is 0.421 e. The summed E-state index contributed by atoms with van der Waals surface area (Å²) in [4.78, 5) is 70.1. The van der Waals surface area contributed by atoms with Crippen molar-refractivity contribution in [1.82, 2.24) is 29.7 Å². The van der Waals surface area contributed by atoms with E-state index in [0.717, 1.165) is 23.5 Å². The molecule has 0 bridgehead atoms. The largest absolute Gasteiger partial charge is 0.494 e. The van der Waals surface area contributed by atoms with E-state index < -0.39 is 46.9 Å². The average molecular weight is 1110 g/mol. The van der Waals surface area contributed by atoms with Gasteiger partial charge in [0.25, 0.3) is 0 Å². The van der Waals surface area contributed by atoms with E-state index in [0.29, 0.717) is 99.0 Å². The summed E-state index contributed by atoms with van der Waals surface area (Å²) >= 11 is 0. The van der Waals surface area contributed by atoms with E-state index >= 15 is 0 Å². The second-order valence-electron chi connectivity index (χ2n) is 17.7. The van der Waals surface area contributed by atoms with Gasteiger partial charge in [-0.3, -0.25) is 19.2 Å². The Balaban J connectivity index is 0.000000231. The number of alkyl halides is 6. The van der Waals surface area contributed by atoms with Gasteiger partial charge in [-0.25, -0.2) is 9.97 Å². The van der Waals surface area contributed by atoms with Gasteiger partial charge in [0.05, 0.1) is 25.6 Å². The van der Waals surface area contributed by atoms with Crippen molar-refractivity contribution in [1.29, 1.82) is 0 Å². The number of carbonyl (C=O) groups excluding carboxylic acids is 4. The number of aromatic nitrogens is 4. The van der Waals surface area contributed by atoms with E-state index in [1.54, 1.807) is 72.2 Å². The minimum absolute atomic E-state index is 0.0364. The van der Waals surface area contributed by atoms with Crippen molar-refractivity contribution in [3.63, 3.8) is 0 Å². The van der Waals surface area contributed by atoms with Crippen LogP contribution in [0.4, 0.5) is 95.4 Å². The molecule has 4 heterocycles. The molecule has 80 heavy (non-hydrogen) atoms. The topological polar surface area (TPSA) is 223 Å². The minimum atomic E-state index is -4.72. The number of nitrogens with one attached hydrogen (secondary N) is 6. The highest BCUT2D eigenvalue weighted by atomic mass is 19.4. The number of anilines is 12. The third kappa shape index (κ3) is 15.3. The number of amides is 4. The number of benzene rings is 4. The molecule has 420 valence electrons. The van der Waals surface area contributed by atoms with Crippen molar-refractivity contribution in [3.8, 4) is 11.5 Å². The van der Waals surface area contributed by atoms with Crippen LogP contribution >= 0.6 is 0 Å². The summed E-state index contributed by atoms with van der Waals surface area (Å²) in [5.74, 6) is -1.10. The van der Waals surface area contributed by atoms with E-state index in [1.165, 1.54) is 38.5 Å². The van der Waals surface area contributed by atoms with E-state index in [4.69, 9.17) is 9.47 Å². The molecule has 0 unspecified atom stereocenters. The van der Waals surface area contributed by atoms with Crippen LogP contribution in [0.2, 0.25) is 0 Å². The highest BCUT2D eigenvalue weighted by Crippen LogP contribution is 2.39. The number of halogens is 6. The Morgan fingerprint density at radius 3 is 1.21 bits per heavy atom. The van der Waals surface area contributed by atoms with Crippen LogP contribution in [0, 0.1) is 0 Å². The molecule has 0 atom stereocenters. The lowest BCUT2D eigenvalue weighted by atomic mass is 10.2. The predicted octanol–water partition coefficient (Wildman–Crippen LogP) is 9.57. The molecule has 0 aliphatic carbocycles. The van der Waals surface area contributed by atoms with Crippen LogP contribution in [0.1, 0.15) is 25.0 Å². The third-order valence-corrected chi connectivity index (χ3v) is 12.4. The molecule has 2 fully saturated rings. The first-order valence-electron chi connectivity index (χ1n) is 24.5. The first-order chi connectivity index (χ1) is 38.1. The average Bonchev–Trinajstić information content (AvgIpc) is 3.43. The van der Waals surface area contributed by atoms with Crippen LogP contribution in [-0.4, -0.2) is 120 Å². The van der Waals surface area contributed by atoms with Gasteiger partial charge in [0, 0.05) is 125 Å². The van der Waals surface area contributed by atoms with Gasteiger partial charge in [0.1, 0.15) is 34.3 Å². The monoisotopic (exact) mass is 1110 g/mol. The van der Waals surface area contributed by atoms with E-state index in [9.17, 15) is 45.5 Å². The van der Waals surface area contributed by atoms with Gasteiger partial charge in [-0.05, 0) is 72.8 Å². The fourth-order valence-electron chi connectivity index (χ4n) is 8.26. The van der Waals surface area contributed by atoms with Crippen molar-refractivity contribution in [2.45, 2.75) is 26.2 Å². The van der Waals surface area contributed by atoms with Gasteiger partial charge in [-0.1, -0.05) is 25.3 Å². The van der Waals surface area contributed by atoms with Crippen molar-refractivity contribution < 1.29 is 55.0 Å². The molecule has 6 N–H and O–H groups in total. The van der Waals surface area contributed by atoms with E-state index in [2.05, 4.69) is 74.8 Å². The van der Waals surface area contributed by atoms with Crippen molar-refractivity contribution in [3.05, 3.63) is 134 Å². The van der Waals surface area contributed by atoms with Crippen LogP contribution in [0.25, 0.3) is 0 Å². The minimum Gasteiger partial charge on any atom is -0.494 e. The summed E-state index contributed by atoms with van der Waals surface area (Å²) in [6.45, 7) is 14.9. The lowest BCUT2D eigenvalue weighted by molar-refractivity contribution is -0.138. The SMILES string of the molecule is C=CC(=O)Nc1cccc(Nc2nc(Nc3ccc(N4CCN(C(C)=O)CC4)cc3OC)ncc2C(F)(F)F)c1.C=CC(=O)Nc1cccc(Nc2nc(Nc3ccc(N4CCN(C(C)=O)CC4)cc3OC)ncc2C(F)(F)F)c1. The quantitative estimate of drug-likeness (QED) is 0.0392. The summed E-state index contributed by atoms with van der Waals surface area (Å²) in [5, 5.41) is 16.3. The lowest BCUT2D eigenvalue weighted by Gasteiger charge is -2.35. The predicted molar refractivity (Wildman–Crippen MR) is 293 cm³/mol. The van der Waals surface area contributed by atoms with E-state index in [1.807, 2.05) is 12.1 Å². The molecule has 2 aliphatic heterocycles. The maximum atomic E-state index is 13.8. The second kappa shape index (κ2) is 25.7. The fourth-order valence-corrected chi connectivity index (χ4v) is 8.26. The zero-order valence-corrected chi connectivity index (χ0v) is 43.8. The Hall–Kier alpha value is -9.62. The summed E-state index contributed by atoms with van der Waals surface area (Å²) in [7, 11) is 2.97. The molecule has 0 saturated carbocycles. The molecule has 20 nitrogen and oxygen atoms in total. The maximum absolute atomic E-state index is 13.8. The number of nitrogens with zero attached hydrogens (tertiary/aromatic N) is 8. The van der Waals surface area contributed by atoms with Crippen LogP contribution in [0.5, 0.6) is 11.5 Å². The highest BCUT2D eigenvalue weighted by molar-refractivity contribution is 6.00. The molecule has 6 aromatic rings. The van der Waals surface area contributed by atoms with Crippen LogP contribution in [0.3, 0.4) is 0 Å². The summed E-state index contributed by atoms with van der Waals surface area (Å²) in [6, 6.07) is 23.1. The van der Waals surface area contributed by atoms with Crippen LogP contribution in [-0.2, 0) is 31.5 Å². The number of ether oxygens (including phenoxy) is 2. The second-order valence-corrected chi connectivity index (χ2v) is 17.7. The Morgan fingerprint density at radius 2 is 0.887 bits per heavy atom. The zero-order valence-electron chi connectivity index (χ0n) is 43.8. The molecule has 2 aromatic heterocycles. The molecule has 8 rings (SSSR count). The number of hydrogen-bond acceptors (Lipinski definition) is 16. The number of hydrogen-bond donors (Lipinski definition) is 6. The highest BCUT2D eigenvalue weighted by Gasteiger charge is 2.37. The first-order valence-corrected chi connectivity index (χ1v) is 24.5. The van der Waals surface area contributed by atoms with Crippen molar-refractivity contribution >= 4 is 92.7 Å². The van der Waals surface area contributed by atoms with Crippen molar-refractivity contribution in [2.24, 2.45) is 0 Å². The Morgan fingerprint density at radius 1 is 0.525 bits per heavy atom. The molecule has 0 spiro atoms. The molecule has 4 amide bonds. The Kier molecular flexibility index (Phi) is 18.6. The molecule has 4 aromatic carbocycles. The number of rotatable bonds is 16. The van der Waals surface area contributed by atoms with Gasteiger partial charge >= 0.3 is 12.4 Å². The Bertz CT molecular complexity index is 3030. The first kappa shape index (κ1) is 58.1. The molecule has 2 saturated heterocycles. The van der Waals surface area contributed by atoms with Gasteiger partial charge in [-0.15, -0.1) is 0 Å². The fraction of sp³-hybridized carbons (Fsp3) is 0.259. The van der Waals surface area contributed by atoms with Crippen molar-refractivity contribution in [2.75, 3.05) is 108 Å². The van der Waals surface area contributed by atoms with Crippen LogP contribution in [0.15, 0.2) is 123 Å². The van der Waals surface area contributed by atoms with Gasteiger partial charge in [-0.2, -0.15) is 36.3 Å². The summed E-state index contributed by atoms with van der Waals surface area (Å²) < 4.78 is 93.6. The maximum Gasteiger partial charge on any atom is 0.421 e. The number of carbonyl (C=O) groups is 4. The normalized spacial score (nSPS) is 13.4. The molecular weight excluding hydrogens is 1050 g/mol. The molecule has 26 heteroatoms. The van der Waals surface area contributed by atoms with Crippen LogP contribution < -0.4 is 51.2 Å². The summed E-state index contributed by atoms with van der Waals surface area (Å²) in [6.07, 6.45) is -5.89. The van der Waals surface area contributed by atoms with Gasteiger partial charge in [0.2, 0.25) is 35.5 Å². The Labute approximate surface area is 455 Å². The third-order valence-electron chi connectivity index (χ3n) is 12.4. The molecule has 0 radical (unpaired) electrons. The lowest BCUT2D eigenvalue weighted by Crippen LogP contribution is -2.48. The van der Waals surface area contributed by atoms with Gasteiger partial charge < -0.3 is 61.0 Å². The number of methoxy groups -OCH3 is 2. The number of piperazine rings is 2. The standard InChI is InChI=1S/2C27H28F3N7O3/c2*1-4-24(39)32-18-6-5-7-19(14-18)33-25-21(27(28,29)30)16-31-26(35-25)34-22-9-8-20(15-23(22)40-3)37-12-10-36(11-13-37)17(2)38/h2*4-9,14-16H,1,10-13H2,2-3H3,(H,32,39)(H2,31,33,34,35). The summed E-state index contributed by atoms with van der Waals surface area (Å²) in [5.41, 5.74) is 1.80. The zero-order chi connectivity index (χ0) is 57.7.